The largest absolute Gasteiger partial charge is 0.454 e. The molecule has 2 aliphatic rings. The summed E-state index contributed by atoms with van der Waals surface area (Å²) in [4.78, 5) is 4.79. The Kier molecular flexibility index (Phi) is 4.74. The number of H-pyrrole nitrogens is 1. The molecule has 9 nitrogen and oxygen atoms in total. The highest BCUT2D eigenvalue weighted by atomic mass is 35.5. The Morgan fingerprint density at radius 1 is 1.25 bits per heavy atom. The first kappa shape index (κ1) is 18.7. The number of halogens is 1. The number of ether oxygens (including phenoxy) is 2. The summed E-state index contributed by atoms with van der Waals surface area (Å²) in [5, 5.41) is 21.8. The Morgan fingerprint density at radius 2 is 2.07 bits per heavy atom. The molecule has 148 valence electrons. The van der Waals surface area contributed by atoms with Crippen molar-refractivity contribution in [3.63, 3.8) is 0 Å². The Labute approximate surface area is 167 Å². The highest BCUT2D eigenvalue weighted by Crippen LogP contribution is 2.38. The molecule has 1 aromatic carbocycles. The van der Waals surface area contributed by atoms with Gasteiger partial charge >= 0.3 is 0 Å². The number of nitrogens with two attached hydrogens (primary N) is 1. The third kappa shape index (κ3) is 3.01. The van der Waals surface area contributed by atoms with E-state index in [2.05, 4.69) is 10.2 Å². The fraction of sp³-hybridized carbons (Fsp3) is 0.389. The SMILES string of the molecule is Cc1[nH]ncc1-c1nc([C@H]2C[C@H](N)[C@@H](O)C2)n(-c2ccc3c(c2)OCO3)n1.Cl. The molecule has 10 heteroatoms. The number of benzene rings is 1. The maximum absolute atomic E-state index is 10.1. The lowest BCUT2D eigenvalue weighted by atomic mass is 10.1. The molecule has 3 heterocycles. The minimum absolute atomic E-state index is 0. The average Bonchev–Trinajstić information content (AvgIpc) is 3.41. The highest BCUT2D eigenvalue weighted by molar-refractivity contribution is 5.85. The summed E-state index contributed by atoms with van der Waals surface area (Å²) >= 11 is 0. The molecule has 1 aliphatic heterocycles. The predicted molar refractivity (Wildman–Crippen MR) is 103 cm³/mol. The van der Waals surface area contributed by atoms with Crippen LogP contribution in [0.1, 0.15) is 30.3 Å². The minimum atomic E-state index is -0.531. The van der Waals surface area contributed by atoms with Crippen molar-refractivity contribution in [2.45, 2.75) is 37.8 Å². The molecule has 1 fully saturated rings. The Bertz CT molecular complexity index is 993. The van der Waals surface area contributed by atoms with E-state index in [0.29, 0.717) is 30.2 Å². The molecule has 5 rings (SSSR count). The van der Waals surface area contributed by atoms with Crippen LogP contribution >= 0.6 is 12.4 Å². The summed E-state index contributed by atoms with van der Waals surface area (Å²) in [5.74, 6) is 2.78. The molecule has 0 unspecified atom stereocenters. The fourth-order valence-electron chi connectivity index (χ4n) is 3.74. The Hall–Kier alpha value is -2.62. The van der Waals surface area contributed by atoms with Gasteiger partial charge in [0.05, 0.1) is 23.6 Å². The number of nitrogens with one attached hydrogen (secondary N) is 1. The zero-order valence-corrected chi connectivity index (χ0v) is 16.0. The van der Waals surface area contributed by atoms with E-state index in [1.54, 1.807) is 10.9 Å². The smallest absolute Gasteiger partial charge is 0.231 e. The van der Waals surface area contributed by atoms with Gasteiger partial charge in [0.2, 0.25) is 6.79 Å². The molecule has 2 aromatic heterocycles. The standard InChI is InChI=1S/C18H20N6O3.ClH/c1-9-12(7-20-22-9)17-21-18(10-4-13(19)14(25)5-10)24(23-17)11-2-3-15-16(6-11)27-8-26-15;/h2-3,6-7,10,13-14,25H,4-5,8,19H2,1H3,(H,20,22);1H/t10-,13-,14-;/m0./s1. The monoisotopic (exact) mass is 404 g/mol. The number of aryl methyl sites for hydroxylation is 1. The quantitative estimate of drug-likeness (QED) is 0.606. The summed E-state index contributed by atoms with van der Waals surface area (Å²) < 4.78 is 12.7. The van der Waals surface area contributed by atoms with E-state index >= 15 is 0 Å². The number of rotatable bonds is 3. The maximum atomic E-state index is 10.1. The van der Waals surface area contributed by atoms with Crippen LogP contribution in [0.25, 0.3) is 17.1 Å². The predicted octanol–water partition coefficient (Wildman–Crippen LogP) is 1.68. The van der Waals surface area contributed by atoms with Crippen molar-refractivity contribution in [1.29, 1.82) is 0 Å². The number of fused-ring (bicyclic) bond motifs is 1. The molecular weight excluding hydrogens is 384 g/mol. The van der Waals surface area contributed by atoms with Crippen molar-refractivity contribution in [3.8, 4) is 28.6 Å². The molecule has 3 aromatic rings. The molecule has 28 heavy (non-hydrogen) atoms. The van der Waals surface area contributed by atoms with Gasteiger partial charge in [-0.3, -0.25) is 5.10 Å². The van der Waals surface area contributed by atoms with Crippen molar-refractivity contribution >= 4 is 12.4 Å². The second-order valence-corrected chi connectivity index (χ2v) is 7.05. The van der Waals surface area contributed by atoms with Gasteiger partial charge in [0.25, 0.3) is 0 Å². The third-order valence-electron chi connectivity index (χ3n) is 5.25. The van der Waals surface area contributed by atoms with Crippen LogP contribution in [0, 0.1) is 6.92 Å². The van der Waals surface area contributed by atoms with Crippen molar-refractivity contribution < 1.29 is 14.6 Å². The molecule has 4 N–H and O–H groups in total. The molecule has 0 spiro atoms. The van der Waals surface area contributed by atoms with E-state index in [-0.39, 0.29) is 31.2 Å². The number of aliphatic hydroxyl groups excluding tert-OH is 1. The fourth-order valence-corrected chi connectivity index (χ4v) is 3.74. The molecule has 1 saturated carbocycles. The van der Waals surface area contributed by atoms with E-state index in [9.17, 15) is 5.11 Å². The maximum Gasteiger partial charge on any atom is 0.231 e. The van der Waals surface area contributed by atoms with Crippen LogP contribution in [0.4, 0.5) is 0 Å². The number of nitrogens with zero attached hydrogens (tertiary/aromatic N) is 4. The molecular formula is C18H21ClN6O3. The number of hydrogen-bond acceptors (Lipinski definition) is 7. The van der Waals surface area contributed by atoms with Crippen molar-refractivity contribution in [2.75, 3.05) is 6.79 Å². The average molecular weight is 405 g/mol. The number of aromatic amines is 1. The van der Waals surface area contributed by atoms with E-state index in [0.717, 1.165) is 22.8 Å². The van der Waals surface area contributed by atoms with E-state index in [1.807, 2.05) is 25.1 Å². The van der Waals surface area contributed by atoms with Crippen LogP contribution in [0.3, 0.4) is 0 Å². The normalized spacial score (nSPS) is 23.0. The minimum Gasteiger partial charge on any atom is -0.454 e. The van der Waals surface area contributed by atoms with Gasteiger partial charge in [0.1, 0.15) is 5.82 Å². The summed E-state index contributed by atoms with van der Waals surface area (Å²) in [6.07, 6.45) is 2.41. The van der Waals surface area contributed by atoms with Crippen LogP contribution in [-0.2, 0) is 0 Å². The van der Waals surface area contributed by atoms with Crippen LogP contribution in [0.5, 0.6) is 11.5 Å². The number of aliphatic hydroxyl groups is 1. The summed E-state index contributed by atoms with van der Waals surface area (Å²) in [5.41, 5.74) is 8.60. The summed E-state index contributed by atoms with van der Waals surface area (Å²) in [6.45, 7) is 2.14. The van der Waals surface area contributed by atoms with Crippen LogP contribution < -0.4 is 15.2 Å². The number of aromatic nitrogens is 5. The van der Waals surface area contributed by atoms with E-state index < -0.39 is 6.10 Å². The van der Waals surface area contributed by atoms with Gasteiger partial charge in [-0.25, -0.2) is 9.67 Å². The molecule has 1 aliphatic carbocycles. The highest BCUT2D eigenvalue weighted by Gasteiger charge is 2.35. The van der Waals surface area contributed by atoms with Gasteiger partial charge in [-0.2, -0.15) is 5.10 Å². The zero-order valence-electron chi connectivity index (χ0n) is 15.2. The van der Waals surface area contributed by atoms with Gasteiger partial charge in [0.15, 0.2) is 17.3 Å². The second kappa shape index (κ2) is 7.08. The van der Waals surface area contributed by atoms with Crippen molar-refractivity contribution in [1.82, 2.24) is 25.0 Å². The Morgan fingerprint density at radius 3 is 2.79 bits per heavy atom. The van der Waals surface area contributed by atoms with Gasteiger partial charge in [-0.1, -0.05) is 0 Å². The van der Waals surface area contributed by atoms with Crippen LogP contribution in [0.15, 0.2) is 24.4 Å². The van der Waals surface area contributed by atoms with Gasteiger partial charge in [-0.15, -0.1) is 17.5 Å². The van der Waals surface area contributed by atoms with Crippen molar-refractivity contribution in [2.24, 2.45) is 5.73 Å². The van der Waals surface area contributed by atoms with Crippen LogP contribution in [0.2, 0.25) is 0 Å². The second-order valence-electron chi connectivity index (χ2n) is 7.05. The lowest BCUT2D eigenvalue weighted by Crippen LogP contribution is -2.28. The molecule has 0 amide bonds. The number of hydrogen-bond donors (Lipinski definition) is 3. The summed E-state index contributed by atoms with van der Waals surface area (Å²) in [7, 11) is 0. The van der Waals surface area contributed by atoms with E-state index in [1.165, 1.54) is 0 Å². The van der Waals surface area contributed by atoms with E-state index in [4.69, 9.17) is 25.3 Å². The lowest BCUT2D eigenvalue weighted by molar-refractivity contribution is 0.163. The first-order valence-corrected chi connectivity index (χ1v) is 8.91. The first-order valence-electron chi connectivity index (χ1n) is 8.91. The summed E-state index contributed by atoms with van der Waals surface area (Å²) in [6, 6.07) is 5.41. The first-order chi connectivity index (χ1) is 13.1. The zero-order chi connectivity index (χ0) is 18.5. The molecule has 0 saturated heterocycles. The van der Waals surface area contributed by atoms with Crippen molar-refractivity contribution in [3.05, 3.63) is 35.9 Å². The van der Waals surface area contributed by atoms with Gasteiger partial charge in [0, 0.05) is 23.7 Å². The Balaban J connectivity index is 0.00000192. The third-order valence-corrected chi connectivity index (χ3v) is 5.25. The van der Waals surface area contributed by atoms with Gasteiger partial charge in [-0.05, 0) is 31.9 Å². The molecule has 0 radical (unpaired) electrons. The van der Waals surface area contributed by atoms with Crippen LogP contribution in [-0.4, -0.2) is 49.0 Å². The molecule has 3 atom stereocenters. The van der Waals surface area contributed by atoms with Gasteiger partial charge < -0.3 is 20.3 Å². The topological polar surface area (TPSA) is 124 Å². The lowest BCUT2D eigenvalue weighted by Gasteiger charge is -2.11. The molecule has 0 bridgehead atoms.